The molecule has 25 heavy (non-hydrogen) atoms. The van der Waals surface area contributed by atoms with Crippen LogP contribution in [0, 0.1) is 12.8 Å². The molecule has 2 aliphatic heterocycles. The lowest BCUT2D eigenvalue weighted by atomic mass is 10.1. The minimum absolute atomic E-state index is 0.0624. The van der Waals surface area contributed by atoms with Crippen LogP contribution in [-0.4, -0.2) is 33.8 Å². The third-order valence-corrected chi connectivity index (χ3v) is 5.29. The molecule has 2 N–H and O–H groups in total. The molecule has 6 heteroatoms. The van der Waals surface area contributed by atoms with E-state index in [2.05, 4.69) is 37.5 Å². The Morgan fingerprint density at radius 2 is 2.20 bits per heavy atom. The second-order valence-corrected chi connectivity index (χ2v) is 7.11. The fourth-order valence-electron chi connectivity index (χ4n) is 3.71. The van der Waals surface area contributed by atoms with Crippen molar-refractivity contribution in [2.45, 2.75) is 45.6 Å². The summed E-state index contributed by atoms with van der Waals surface area (Å²) in [6.07, 6.45) is 5.50. The van der Waals surface area contributed by atoms with Gasteiger partial charge in [0, 0.05) is 30.8 Å². The van der Waals surface area contributed by atoms with Crippen molar-refractivity contribution in [3.63, 3.8) is 0 Å². The van der Waals surface area contributed by atoms with Crippen LogP contribution in [0.3, 0.4) is 0 Å². The van der Waals surface area contributed by atoms with Gasteiger partial charge < -0.3 is 15.2 Å². The van der Waals surface area contributed by atoms with E-state index in [1.54, 1.807) is 0 Å². The first-order chi connectivity index (χ1) is 12.2. The number of carbonyl (C=O) groups is 1. The molecule has 1 fully saturated rings. The maximum absolute atomic E-state index is 12.5. The molecule has 2 aromatic rings. The smallest absolute Gasteiger partial charge is 0.228 e. The molecular weight excluding hydrogens is 314 g/mol. The van der Waals surface area contributed by atoms with Gasteiger partial charge in [-0.2, -0.15) is 0 Å². The monoisotopic (exact) mass is 339 g/mol. The van der Waals surface area contributed by atoms with Crippen LogP contribution in [0.15, 0.2) is 18.2 Å². The van der Waals surface area contributed by atoms with Gasteiger partial charge in [0.05, 0.1) is 5.92 Å². The van der Waals surface area contributed by atoms with Gasteiger partial charge in [0.25, 0.3) is 0 Å². The number of nitrogens with one attached hydrogen (secondary N) is 2. The van der Waals surface area contributed by atoms with E-state index in [4.69, 9.17) is 0 Å². The fraction of sp³-hybridized carbons (Fsp3) is 0.526. The van der Waals surface area contributed by atoms with Crippen LogP contribution in [0.2, 0.25) is 0 Å². The molecule has 3 heterocycles. The minimum Gasteiger partial charge on any atom is -0.326 e. The molecule has 1 unspecified atom stereocenters. The minimum atomic E-state index is 0.0624. The van der Waals surface area contributed by atoms with Crippen molar-refractivity contribution >= 4 is 11.6 Å². The summed E-state index contributed by atoms with van der Waals surface area (Å²) < 4.78 is 2.24. The third-order valence-electron chi connectivity index (χ3n) is 5.29. The molecule has 4 rings (SSSR count). The lowest BCUT2D eigenvalue weighted by molar-refractivity contribution is -0.119. The summed E-state index contributed by atoms with van der Waals surface area (Å²) in [5.41, 5.74) is 2.96. The second kappa shape index (κ2) is 6.96. The van der Waals surface area contributed by atoms with Gasteiger partial charge in [-0.25, -0.2) is 0 Å². The molecule has 2 aliphatic rings. The summed E-state index contributed by atoms with van der Waals surface area (Å²) in [5, 5.41) is 15.2. The molecule has 1 aromatic carbocycles. The van der Waals surface area contributed by atoms with Crippen LogP contribution < -0.4 is 10.6 Å². The van der Waals surface area contributed by atoms with E-state index in [0.29, 0.717) is 0 Å². The van der Waals surface area contributed by atoms with Gasteiger partial charge in [0.1, 0.15) is 5.82 Å². The summed E-state index contributed by atoms with van der Waals surface area (Å²) in [4.78, 5) is 12.5. The zero-order valence-corrected chi connectivity index (χ0v) is 14.7. The number of amides is 1. The predicted octanol–water partition coefficient (Wildman–Crippen LogP) is 2.53. The summed E-state index contributed by atoms with van der Waals surface area (Å²) in [6.45, 7) is 4.68. The maximum Gasteiger partial charge on any atom is 0.228 e. The number of hydrogen-bond acceptors (Lipinski definition) is 4. The van der Waals surface area contributed by atoms with Crippen molar-refractivity contribution in [2.24, 2.45) is 5.92 Å². The standard InChI is InChI=1S/C19H25N5O/c1-13-6-7-14(11-16(13)21-19(25)15-8-9-20-12-15)18-23-22-17-5-3-2-4-10-24(17)18/h6-7,11,15,20H,2-5,8-10,12H2,1H3,(H,21,25). The Balaban J connectivity index is 1.61. The Morgan fingerprint density at radius 1 is 1.28 bits per heavy atom. The van der Waals surface area contributed by atoms with Gasteiger partial charge in [0.2, 0.25) is 5.91 Å². The molecular formula is C19H25N5O. The van der Waals surface area contributed by atoms with Gasteiger partial charge in [-0.15, -0.1) is 10.2 Å². The Bertz CT molecular complexity index is 776. The maximum atomic E-state index is 12.5. The average molecular weight is 339 g/mol. The first-order valence-corrected chi connectivity index (χ1v) is 9.27. The van der Waals surface area contributed by atoms with E-state index in [0.717, 1.165) is 60.9 Å². The van der Waals surface area contributed by atoms with E-state index in [1.165, 1.54) is 19.3 Å². The SMILES string of the molecule is Cc1ccc(-c2nnc3n2CCCCC3)cc1NC(=O)C1CCNC1. The number of aryl methyl sites for hydroxylation is 2. The normalized spacial score (nSPS) is 20.1. The highest BCUT2D eigenvalue weighted by atomic mass is 16.1. The number of anilines is 1. The van der Waals surface area contributed by atoms with Crippen LogP contribution in [0.25, 0.3) is 11.4 Å². The summed E-state index contributed by atoms with van der Waals surface area (Å²) in [5.74, 6) is 2.16. The zero-order valence-electron chi connectivity index (χ0n) is 14.7. The Kier molecular flexibility index (Phi) is 4.53. The quantitative estimate of drug-likeness (QED) is 0.901. The second-order valence-electron chi connectivity index (χ2n) is 7.11. The van der Waals surface area contributed by atoms with Gasteiger partial charge in [-0.05, 0) is 44.4 Å². The van der Waals surface area contributed by atoms with Crippen molar-refractivity contribution in [1.82, 2.24) is 20.1 Å². The molecule has 1 saturated heterocycles. The number of fused-ring (bicyclic) bond motifs is 1. The lowest BCUT2D eigenvalue weighted by Gasteiger charge is -2.14. The van der Waals surface area contributed by atoms with Crippen molar-refractivity contribution in [3.8, 4) is 11.4 Å². The van der Waals surface area contributed by atoms with Crippen LogP contribution in [0.5, 0.6) is 0 Å². The highest BCUT2D eigenvalue weighted by Crippen LogP contribution is 2.27. The number of carbonyl (C=O) groups excluding carboxylic acids is 1. The molecule has 1 aromatic heterocycles. The van der Waals surface area contributed by atoms with E-state index >= 15 is 0 Å². The molecule has 0 aliphatic carbocycles. The van der Waals surface area contributed by atoms with Gasteiger partial charge >= 0.3 is 0 Å². The first-order valence-electron chi connectivity index (χ1n) is 9.27. The van der Waals surface area contributed by atoms with Crippen molar-refractivity contribution in [2.75, 3.05) is 18.4 Å². The molecule has 0 bridgehead atoms. The molecule has 0 saturated carbocycles. The molecule has 0 spiro atoms. The van der Waals surface area contributed by atoms with Crippen LogP contribution >= 0.6 is 0 Å². The number of rotatable bonds is 3. The molecule has 1 atom stereocenters. The van der Waals surface area contributed by atoms with E-state index < -0.39 is 0 Å². The van der Waals surface area contributed by atoms with Gasteiger partial charge in [0.15, 0.2) is 5.82 Å². The third kappa shape index (κ3) is 3.31. The highest BCUT2D eigenvalue weighted by molar-refractivity contribution is 5.94. The first kappa shape index (κ1) is 16.3. The fourth-order valence-corrected chi connectivity index (χ4v) is 3.71. The summed E-state index contributed by atoms with van der Waals surface area (Å²) in [7, 11) is 0. The van der Waals surface area contributed by atoms with Gasteiger partial charge in [-0.1, -0.05) is 18.6 Å². The number of nitrogens with zero attached hydrogens (tertiary/aromatic N) is 3. The van der Waals surface area contributed by atoms with Crippen molar-refractivity contribution < 1.29 is 4.79 Å². The molecule has 1 amide bonds. The lowest BCUT2D eigenvalue weighted by Crippen LogP contribution is -2.25. The van der Waals surface area contributed by atoms with E-state index in [1.807, 2.05) is 13.0 Å². The highest BCUT2D eigenvalue weighted by Gasteiger charge is 2.23. The van der Waals surface area contributed by atoms with E-state index in [9.17, 15) is 4.79 Å². The average Bonchev–Trinajstić information content (AvgIpc) is 3.23. The summed E-state index contributed by atoms with van der Waals surface area (Å²) >= 11 is 0. The Hall–Kier alpha value is -2.21. The van der Waals surface area contributed by atoms with Crippen LogP contribution in [0.4, 0.5) is 5.69 Å². The van der Waals surface area contributed by atoms with Crippen LogP contribution in [-0.2, 0) is 17.8 Å². The number of aromatic nitrogens is 3. The molecule has 0 radical (unpaired) electrons. The van der Waals surface area contributed by atoms with Crippen LogP contribution in [0.1, 0.15) is 37.1 Å². The van der Waals surface area contributed by atoms with Gasteiger partial charge in [-0.3, -0.25) is 4.79 Å². The topological polar surface area (TPSA) is 71.8 Å². The van der Waals surface area contributed by atoms with Crippen molar-refractivity contribution in [1.29, 1.82) is 0 Å². The zero-order chi connectivity index (χ0) is 17.2. The number of benzene rings is 1. The molecule has 6 nitrogen and oxygen atoms in total. The van der Waals surface area contributed by atoms with E-state index in [-0.39, 0.29) is 11.8 Å². The Morgan fingerprint density at radius 3 is 3.04 bits per heavy atom. The largest absolute Gasteiger partial charge is 0.326 e. The Labute approximate surface area is 148 Å². The summed E-state index contributed by atoms with van der Waals surface area (Å²) in [6, 6.07) is 6.16. The predicted molar refractivity (Wildman–Crippen MR) is 97.4 cm³/mol. The number of hydrogen-bond donors (Lipinski definition) is 2. The molecule has 132 valence electrons. The van der Waals surface area contributed by atoms with Crippen molar-refractivity contribution in [3.05, 3.63) is 29.6 Å².